The zero-order valence-electron chi connectivity index (χ0n) is 74.6. The monoisotopic (exact) mass is 1990 g/mol. The molecule has 0 spiro atoms. The molecule has 0 heterocycles. The van der Waals surface area contributed by atoms with Gasteiger partial charge in [0.15, 0.2) is 17.8 Å². The van der Waals surface area contributed by atoms with E-state index in [1.54, 1.807) is 58.2 Å². The van der Waals surface area contributed by atoms with Crippen molar-refractivity contribution < 1.29 is 71.1 Å². The molecule has 0 radical (unpaired) electrons. The maximum atomic E-state index is 14.4. The van der Waals surface area contributed by atoms with Crippen LogP contribution in [0, 0.1) is 34.5 Å². The molecule has 0 N–H and O–H groups in total. The summed E-state index contributed by atoms with van der Waals surface area (Å²) >= 11 is 47.1. The molecule has 6 unspecified atom stereocenters. The van der Waals surface area contributed by atoms with E-state index in [0.29, 0.717) is 31.4 Å². The third kappa shape index (κ3) is 48.3. The van der Waals surface area contributed by atoms with E-state index in [0.717, 1.165) is 30.4 Å². The van der Waals surface area contributed by atoms with Crippen molar-refractivity contribution in [2.45, 2.75) is 380 Å². The Balaban J connectivity index is -0.000000235. The van der Waals surface area contributed by atoms with Crippen LogP contribution in [0.2, 0.25) is 26.2 Å². The van der Waals surface area contributed by atoms with Crippen molar-refractivity contribution >= 4 is 147 Å². The van der Waals surface area contributed by atoms with E-state index in [-0.39, 0.29) is 144 Å². The summed E-state index contributed by atoms with van der Waals surface area (Å²) in [5, 5.41) is 16.0. The van der Waals surface area contributed by atoms with Gasteiger partial charge in [-0.15, -0.1) is 88.6 Å². The van der Waals surface area contributed by atoms with Gasteiger partial charge >= 0.3 is 43.5 Å². The molecule has 123 heavy (non-hydrogen) atoms. The van der Waals surface area contributed by atoms with Crippen molar-refractivity contribution in [1.82, 2.24) is 20.3 Å². The lowest BCUT2D eigenvalue weighted by Gasteiger charge is -2.55. The average molecular weight is 1990 g/mol. The van der Waals surface area contributed by atoms with Gasteiger partial charge in [0, 0.05) is 22.2 Å². The first-order chi connectivity index (χ1) is 52.1. The lowest BCUT2D eigenvalue weighted by atomic mass is 9.80. The van der Waals surface area contributed by atoms with Gasteiger partial charge in [-0.25, -0.2) is 19.2 Å². The highest BCUT2D eigenvalue weighted by atomic mass is 35.8. The van der Waals surface area contributed by atoms with Crippen molar-refractivity contribution in [2.24, 2.45) is 23.2 Å². The molecule has 33 heteroatoms. The Morgan fingerprint density at radius 1 is 0.455 bits per heavy atom. The Hall–Kier alpha value is -1.95. The number of nitriles is 1. The van der Waals surface area contributed by atoms with Crippen LogP contribution in [0.5, 0.6) is 0 Å². The zero-order valence-corrected chi connectivity index (χ0v) is 85.5. The Labute approximate surface area is 792 Å². The molecule has 0 amide bonds. The number of halogens is 8. The van der Waals surface area contributed by atoms with E-state index in [1.165, 1.54) is 12.5 Å². The number of rotatable bonds is 37. The van der Waals surface area contributed by atoms with Crippen LogP contribution >= 0.6 is 96.2 Å². The Bertz CT molecular complexity index is 3480. The molecule has 20 nitrogen and oxygen atoms in total. The fraction of sp³-hybridized carbons (Fsp3) is 0.744. The molecule has 6 atom stereocenters. The molecule has 3 aromatic carbocycles. The van der Waals surface area contributed by atoms with Gasteiger partial charge in [0.05, 0.1) is 45.6 Å². The maximum absolute atomic E-state index is 14.4. The molecule has 1 aliphatic rings. The van der Waals surface area contributed by atoms with E-state index in [1.807, 2.05) is 138 Å². The van der Waals surface area contributed by atoms with Crippen LogP contribution in [0.15, 0.2) is 91.0 Å². The minimum absolute atomic E-state index is 0. The summed E-state index contributed by atoms with van der Waals surface area (Å²) in [6.45, 7) is 59.2. The van der Waals surface area contributed by atoms with E-state index >= 15 is 0 Å². The van der Waals surface area contributed by atoms with Crippen LogP contribution in [0.4, 0.5) is 0 Å². The second-order valence-corrected chi connectivity index (χ2v) is 71.0. The van der Waals surface area contributed by atoms with Crippen LogP contribution < -0.4 is 0 Å². The number of carbonyl (C=O) groups is 4. The third-order valence-corrected chi connectivity index (χ3v) is 25.5. The minimum atomic E-state index is -3.68. The van der Waals surface area contributed by atoms with Crippen molar-refractivity contribution in [3.05, 3.63) is 108 Å². The molecule has 0 aliphatic heterocycles. The Morgan fingerprint density at radius 2 is 0.772 bits per heavy atom. The topological polar surface area (TPSA) is 214 Å². The van der Waals surface area contributed by atoms with Gasteiger partial charge in [0.2, 0.25) is 0 Å². The first-order valence-corrected chi connectivity index (χ1v) is 60.1. The zero-order chi connectivity index (χ0) is 89.3. The lowest BCUT2D eigenvalue weighted by Crippen LogP contribution is -2.61. The van der Waals surface area contributed by atoms with E-state index in [2.05, 4.69) is 127 Å². The van der Waals surface area contributed by atoms with Crippen molar-refractivity contribution in [3.8, 4) is 6.07 Å². The Morgan fingerprint density at radius 3 is 1.07 bits per heavy atom. The summed E-state index contributed by atoms with van der Waals surface area (Å²) in [6, 6.07) is 25.8. The average Bonchev–Trinajstić information content (AvgIpc) is 0.729. The van der Waals surface area contributed by atoms with Gasteiger partial charge in [0.25, 0.3) is 12.3 Å². The first-order valence-electron chi connectivity index (χ1n) is 39.7. The highest BCUT2D eigenvalue weighted by molar-refractivity contribution is 7.65. The summed E-state index contributed by atoms with van der Waals surface area (Å²) in [5.74, 6) is -1.59. The van der Waals surface area contributed by atoms with Gasteiger partial charge in [-0.05, 0) is 190 Å². The fourth-order valence-corrected chi connectivity index (χ4v) is 18.5. The molecule has 1 saturated carbocycles. The number of carbonyl (C=O) groups excluding carboxylic acids is 4. The van der Waals surface area contributed by atoms with Gasteiger partial charge in [0.1, 0.15) is 30.0 Å². The second-order valence-electron chi connectivity index (χ2n) is 37.1. The molecule has 724 valence electrons. The predicted octanol–water partition coefficient (Wildman–Crippen LogP) is 29.1. The van der Waals surface area contributed by atoms with Crippen molar-refractivity contribution in [2.75, 3.05) is 38.1 Å². The number of hydrogen-bond acceptors (Lipinski definition) is 20. The summed E-state index contributed by atoms with van der Waals surface area (Å²) in [5.41, 5.74) is -1.58. The first kappa shape index (κ1) is 137. The molecular formula is C90H172Cl8N5O15PSi4. The minimum Gasteiger partial charge on any atom is -0.468 e. The summed E-state index contributed by atoms with van der Waals surface area (Å²) in [7, 11) is -5.13. The second kappa shape index (κ2) is 58.2. The highest BCUT2D eigenvalue weighted by Crippen LogP contribution is 2.68. The molecule has 3 aromatic rings. The van der Waals surface area contributed by atoms with Gasteiger partial charge in [-0.3, -0.25) is 23.9 Å². The quantitative estimate of drug-likeness (QED) is 0.0131. The number of esters is 4. The third-order valence-electron chi connectivity index (χ3n) is 17.5. The van der Waals surface area contributed by atoms with E-state index in [9.17, 15) is 29.0 Å². The van der Waals surface area contributed by atoms with E-state index < -0.39 is 92.0 Å². The molecule has 0 saturated heterocycles. The van der Waals surface area contributed by atoms with Crippen LogP contribution in [-0.4, -0.2) is 160 Å². The number of ether oxygens (including phenoxy) is 4. The predicted molar refractivity (Wildman–Crippen MR) is 536 cm³/mol. The number of nitrogens with zero attached hydrogens (tertiary/aromatic N) is 5. The summed E-state index contributed by atoms with van der Waals surface area (Å²) < 4.78 is 47.4. The fourth-order valence-electron chi connectivity index (χ4n) is 13.0. The van der Waals surface area contributed by atoms with Crippen LogP contribution in [0.3, 0.4) is 0 Å². The molecule has 0 aromatic heterocycles. The molecule has 0 bridgehead atoms. The van der Waals surface area contributed by atoms with Crippen molar-refractivity contribution in [3.63, 3.8) is 0 Å². The SMILES string of the molecule is C.C.C.C.C.C.C.C.CC(C)C(c1ccccc1)N(OC(C)(C#N)C(=O)OC[Si](C)(Cl)Cl)C(C)(C)C.CC(C)C(c1ccccc1)N(OC(C)(C)C(=O)OC[Si](Cl)(Cl)Cl)C(C)(C)C.CC(ON(C(c1ccccc1)C(C)C)C(C)(C)C)C(=O)OC[Si](C)(C)C.CCOP(=O)(OCC)C1(N(OC(C)C(=O)OC[Si](Cl)(Cl)Cl)C(C)(C)CC(C)(C)C)CCCCC1. The Kier molecular flexibility index (Phi) is 64.5. The summed E-state index contributed by atoms with van der Waals surface area (Å²) in [6.07, 6.45) is 2.77. The number of benzene rings is 3. The smallest absolute Gasteiger partial charge is 0.378 e. The largest absolute Gasteiger partial charge is 0.468 e. The van der Waals surface area contributed by atoms with Gasteiger partial charge in [-0.1, -0.05) is 252 Å². The van der Waals surface area contributed by atoms with Gasteiger partial charge < -0.3 is 28.0 Å². The molecular weight excluding hydrogens is 1820 g/mol. The molecule has 4 rings (SSSR count). The van der Waals surface area contributed by atoms with Gasteiger partial charge in [-0.2, -0.15) is 25.5 Å². The standard InChI is InChI=1S/C22H43Cl3NO6PSi.C21H37NO3Si.C20H30Cl2N2O3Si.C19H30Cl3NO3Si.8CH4/c1-9-30-33(28,31-10-2)22(14-12-11-13-15-22)26(21(7,8)16-20(4,5)6)32-18(3)19(27)29-17-34(23,24)25;1-16(2)19(18-13-11-10-12-14-18)22(21(4,5)6)25-17(3)20(23)24-15-26(7,8)9;1-15(2)17(16-11-9-8-10-12-16)24(19(3,4)5)27-20(6,13-23)18(25)26-14-28(7,21)22;1-14(2)16(15-11-9-8-10-12-15)23(18(3,4)5)26-19(6,7)17(24)25-13-27(20,21)22;;;;;;;;/h18H,9-17H2,1-8H3;10-14,16-17,19H,15H2,1-9H3;8-12,15,17H,14H2,1-7H3;8-12,14,16H,13H2,1-7H3;8*1H4. The summed E-state index contributed by atoms with van der Waals surface area (Å²) in [4.78, 5) is 75.3. The van der Waals surface area contributed by atoms with Crippen LogP contribution in [-0.2, 0) is 71.1 Å². The highest BCUT2D eigenvalue weighted by Gasteiger charge is 2.61. The molecule has 1 aliphatic carbocycles. The number of hydroxylamine groups is 8. The van der Waals surface area contributed by atoms with Crippen molar-refractivity contribution in [1.29, 1.82) is 5.26 Å². The van der Waals surface area contributed by atoms with Crippen LogP contribution in [0.1, 0.15) is 320 Å². The maximum Gasteiger partial charge on any atom is 0.378 e. The van der Waals surface area contributed by atoms with Crippen LogP contribution in [0.25, 0.3) is 0 Å². The lowest BCUT2D eigenvalue weighted by molar-refractivity contribution is -0.298. The van der Waals surface area contributed by atoms with E-state index in [4.69, 9.17) is 136 Å². The number of hydrogen-bond donors (Lipinski definition) is 0. The molecule has 1 fully saturated rings. The normalized spacial score (nSPS) is 15.2.